The average molecular weight is 414 g/mol. The molecule has 3 aromatic rings. The maximum Gasteiger partial charge on any atom is 0.316 e. The van der Waals surface area contributed by atoms with Crippen LogP contribution in [0.25, 0.3) is 22.5 Å². The van der Waals surface area contributed by atoms with Crippen LogP contribution in [0.1, 0.15) is 44.7 Å². The van der Waals surface area contributed by atoms with E-state index in [2.05, 4.69) is 36.3 Å². The SMILES string of the molecule is Cc1cc(-c2nnc(N[C@H]3C[C@@H](O)C3)o2)nc2c(C(C)(C)C)cc(OCCF)cc12. The molecule has 30 heavy (non-hydrogen) atoms. The molecule has 0 radical (unpaired) electrons. The van der Waals surface area contributed by atoms with Gasteiger partial charge in [0.1, 0.15) is 24.7 Å². The van der Waals surface area contributed by atoms with E-state index in [-0.39, 0.29) is 24.2 Å². The van der Waals surface area contributed by atoms with Crippen LogP contribution >= 0.6 is 0 Å². The number of aryl methyl sites for hydroxylation is 1. The number of hydrogen-bond acceptors (Lipinski definition) is 7. The highest BCUT2D eigenvalue weighted by Crippen LogP contribution is 2.36. The molecule has 1 saturated carbocycles. The van der Waals surface area contributed by atoms with Crippen molar-refractivity contribution >= 4 is 16.9 Å². The van der Waals surface area contributed by atoms with Gasteiger partial charge < -0.3 is 19.6 Å². The van der Waals surface area contributed by atoms with Gasteiger partial charge >= 0.3 is 6.01 Å². The van der Waals surface area contributed by atoms with Gasteiger partial charge in [-0.1, -0.05) is 25.9 Å². The number of pyridine rings is 1. The lowest BCUT2D eigenvalue weighted by molar-refractivity contribution is 0.0828. The number of nitrogens with one attached hydrogen (secondary N) is 1. The van der Waals surface area contributed by atoms with E-state index in [4.69, 9.17) is 14.1 Å². The van der Waals surface area contributed by atoms with Crippen LogP contribution < -0.4 is 10.1 Å². The zero-order chi connectivity index (χ0) is 21.5. The monoisotopic (exact) mass is 414 g/mol. The Kier molecular flexibility index (Phi) is 5.36. The average Bonchev–Trinajstić information content (AvgIpc) is 3.12. The van der Waals surface area contributed by atoms with Crippen molar-refractivity contribution in [2.75, 3.05) is 18.6 Å². The highest BCUT2D eigenvalue weighted by molar-refractivity contribution is 5.89. The van der Waals surface area contributed by atoms with Gasteiger partial charge in [0.2, 0.25) is 0 Å². The number of halogens is 1. The molecule has 0 atom stereocenters. The Bertz CT molecular complexity index is 1050. The minimum Gasteiger partial charge on any atom is -0.491 e. The molecule has 1 fully saturated rings. The van der Waals surface area contributed by atoms with E-state index in [0.717, 1.165) is 22.0 Å². The fourth-order valence-electron chi connectivity index (χ4n) is 3.65. The van der Waals surface area contributed by atoms with Gasteiger partial charge in [-0.05, 0) is 54.5 Å². The van der Waals surface area contributed by atoms with Gasteiger partial charge in [0, 0.05) is 11.4 Å². The van der Waals surface area contributed by atoms with Crippen molar-refractivity contribution < 1.29 is 18.7 Å². The summed E-state index contributed by atoms with van der Waals surface area (Å²) in [5.74, 6) is 0.967. The number of anilines is 1. The lowest BCUT2D eigenvalue weighted by atomic mass is 9.84. The van der Waals surface area contributed by atoms with Crippen LogP contribution in [0.3, 0.4) is 0 Å². The summed E-state index contributed by atoms with van der Waals surface area (Å²) >= 11 is 0. The van der Waals surface area contributed by atoms with Crippen LogP contribution in [0.15, 0.2) is 22.6 Å². The topological polar surface area (TPSA) is 93.3 Å². The Labute approximate surface area is 174 Å². The third kappa shape index (κ3) is 4.09. The minimum absolute atomic E-state index is 0.0232. The van der Waals surface area contributed by atoms with Gasteiger partial charge in [0.05, 0.1) is 11.6 Å². The van der Waals surface area contributed by atoms with Gasteiger partial charge in [-0.2, -0.15) is 0 Å². The number of aliphatic hydroxyl groups excluding tert-OH is 1. The summed E-state index contributed by atoms with van der Waals surface area (Å²) in [6.07, 6.45) is 1.09. The smallest absolute Gasteiger partial charge is 0.316 e. The van der Waals surface area contributed by atoms with E-state index in [9.17, 15) is 9.50 Å². The molecule has 0 aliphatic heterocycles. The first-order valence-corrected chi connectivity index (χ1v) is 10.2. The number of aromatic nitrogens is 3. The molecule has 0 bridgehead atoms. The Hall–Kier alpha value is -2.74. The van der Waals surface area contributed by atoms with Crippen LogP contribution in [-0.2, 0) is 5.41 Å². The van der Waals surface area contributed by atoms with Crippen LogP contribution in [0.2, 0.25) is 0 Å². The second-order valence-electron chi connectivity index (χ2n) is 8.86. The van der Waals surface area contributed by atoms with Crippen molar-refractivity contribution in [3.8, 4) is 17.3 Å². The largest absolute Gasteiger partial charge is 0.491 e. The fourth-order valence-corrected chi connectivity index (χ4v) is 3.65. The number of benzene rings is 1. The summed E-state index contributed by atoms with van der Waals surface area (Å²) in [5.41, 5.74) is 3.22. The molecule has 160 valence electrons. The molecule has 2 aromatic heterocycles. The van der Waals surface area contributed by atoms with Crippen LogP contribution in [0.4, 0.5) is 10.4 Å². The van der Waals surface area contributed by atoms with Gasteiger partial charge in [0.15, 0.2) is 0 Å². The maximum absolute atomic E-state index is 12.6. The van der Waals surface area contributed by atoms with Crippen LogP contribution in [0.5, 0.6) is 5.75 Å². The molecule has 8 heteroatoms. The first-order chi connectivity index (χ1) is 14.2. The summed E-state index contributed by atoms with van der Waals surface area (Å²) < 4.78 is 23.9. The molecule has 0 unspecified atom stereocenters. The third-order valence-corrected chi connectivity index (χ3v) is 5.33. The van der Waals surface area contributed by atoms with Gasteiger partial charge in [0.25, 0.3) is 5.89 Å². The summed E-state index contributed by atoms with van der Waals surface area (Å²) in [4.78, 5) is 4.84. The predicted molar refractivity (Wildman–Crippen MR) is 113 cm³/mol. The Morgan fingerprint density at radius 3 is 2.67 bits per heavy atom. The molecule has 1 aromatic carbocycles. The molecule has 4 rings (SSSR count). The highest BCUT2D eigenvalue weighted by atomic mass is 19.1. The maximum atomic E-state index is 12.6. The standard InChI is InChI=1S/C22H27FN4O3/c1-12-7-18(20-26-27-21(30-20)24-13-8-14(28)9-13)25-19-16(12)10-15(29-6-5-23)11-17(19)22(2,3)4/h7,10-11,13-14,28H,5-6,8-9H2,1-4H3,(H,24,27)/t13-,14+. The van der Waals surface area contributed by atoms with Gasteiger partial charge in [-0.15, -0.1) is 5.10 Å². The van der Waals surface area contributed by atoms with E-state index < -0.39 is 6.67 Å². The van der Waals surface area contributed by atoms with Crippen molar-refractivity contribution in [1.29, 1.82) is 0 Å². The summed E-state index contributed by atoms with van der Waals surface area (Å²) in [6.45, 7) is 7.79. The predicted octanol–water partition coefficient (Wildman–Crippen LogP) is 4.17. The Balaban J connectivity index is 1.73. The number of fused-ring (bicyclic) bond motifs is 1. The number of rotatable bonds is 6. The fraction of sp³-hybridized carbons (Fsp3) is 0.500. The summed E-state index contributed by atoms with van der Waals surface area (Å²) in [6, 6.07) is 6.20. The lowest BCUT2D eigenvalue weighted by Crippen LogP contribution is -2.39. The second-order valence-corrected chi connectivity index (χ2v) is 8.86. The number of ether oxygens (including phenoxy) is 1. The molecular formula is C22H27FN4O3. The molecule has 1 aliphatic rings. The first kappa shape index (κ1) is 20.5. The van der Waals surface area contributed by atoms with Crippen molar-refractivity contribution in [3.63, 3.8) is 0 Å². The molecular weight excluding hydrogens is 387 g/mol. The van der Waals surface area contributed by atoms with Crippen LogP contribution in [-0.4, -0.2) is 45.7 Å². The quantitative estimate of drug-likeness (QED) is 0.625. The van der Waals surface area contributed by atoms with E-state index in [1.54, 1.807) is 0 Å². The Morgan fingerprint density at radius 2 is 2.00 bits per heavy atom. The number of aliphatic hydroxyl groups is 1. The zero-order valence-corrected chi connectivity index (χ0v) is 17.7. The van der Waals surface area contributed by atoms with E-state index in [0.29, 0.717) is 36.2 Å². The first-order valence-electron chi connectivity index (χ1n) is 10.2. The van der Waals surface area contributed by atoms with E-state index in [1.807, 2.05) is 25.1 Å². The zero-order valence-electron chi connectivity index (χ0n) is 17.7. The van der Waals surface area contributed by atoms with Crippen molar-refractivity contribution in [2.24, 2.45) is 0 Å². The number of hydrogen-bond donors (Lipinski definition) is 2. The molecule has 0 saturated heterocycles. The normalized spacial score (nSPS) is 19.0. The molecule has 0 spiro atoms. The summed E-state index contributed by atoms with van der Waals surface area (Å²) in [7, 11) is 0. The highest BCUT2D eigenvalue weighted by Gasteiger charge is 2.28. The minimum atomic E-state index is -0.535. The molecule has 1 aliphatic carbocycles. The van der Waals surface area contributed by atoms with Crippen molar-refractivity contribution in [2.45, 2.75) is 58.1 Å². The molecule has 2 heterocycles. The number of alkyl halides is 1. The number of nitrogens with zero attached hydrogens (tertiary/aromatic N) is 3. The molecule has 2 N–H and O–H groups in total. The second kappa shape index (κ2) is 7.83. The molecule has 7 nitrogen and oxygen atoms in total. The lowest BCUT2D eigenvalue weighted by Gasteiger charge is -2.30. The third-order valence-electron chi connectivity index (χ3n) is 5.33. The van der Waals surface area contributed by atoms with Crippen LogP contribution in [0, 0.1) is 6.92 Å². The van der Waals surface area contributed by atoms with Crippen molar-refractivity contribution in [3.05, 3.63) is 29.3 Å². The summed E-state index contributed by atoms with van der Waals surface area (Å²) in [5, 5.41) is 21.7. The van der Waals surface area contributed by atoms with Crippen molar-refractivity contribution in [1.82, 2.24) is 15.2 Å². The Morgan fingerprint density at radius 1 is 1.23 bits per heavy atom. The van der Waals surface area contributed by atoms with E-state index >= 15 is 0 Å². The van der Waals surface area contributed by atoms with E-state index in [1.165, 1.54) is 0 Å². The van der Waals surface area contributed by atoms with Gasteiger partial charge in [-0.3, -0.25) is 0 Å². The van der Waals surface area contributed by atoms with Gasteiger partial charge in [-0.25, -0.2) is 9.37 Å². The molecule has 0 amide bonds.